The zero-order chi connectivity index (χ0) is 15.4. The van der Waals surface area contributed by atoms with Crippen LogP contribution in [0, 0.1) is 5.82 Å². The predicted octanol–water partition coefficient (Wildman–Crippen LogP) is 4.91. The zero-order valence-corrected chi connectivity index (χ0v) is 12.6. The zero-order valence-electron chi connectivity index (χ0n) is 11.1. The molecule has 0 aliphatic heterocycles. The first-order chi connectivity index (χ1) is 10.0. The minimum Gasteiger partial charge on any atom is -0.488 e. The third kappa shape index (κ3) is 3.86. The number of rotatable bonds is 4. The van der Waals surface area contributed by atoms with Gasteiger partial charge in [0, 0.05) is 21.2 Å². The summed E-state index contributed by atoms with van der Waals surface area (Å²) in [6, 6.07) is 9.03. The standard InChI is InChI=1S/C15H12Cl2FNO2/c1-9(19-20)13-7-12(18)3-5-15(13)21-8-10-6-11(16)2-4-14(10)17/h2-7,20H,8H2,1H3/b19-9-. The van der Waals surface area contributed by atoms with Gasteiger partial charge in [0.15, 0.2) is 0 Å². The summed E-state index contributed by atoms with van der Waals surface area (Å²) in [6.45, 7) is 1.71. The second kappa shape index (κ2) is 6.78. The number of ether oxygens (including phenoxy) is 1. The van der Waals surface area contributed by atoms with Crippen molar-refractivity contribution in [3.63, 3.8) is 0 Å². The Bertz CT molecular complexity index is 689. The molecular formula is C15H12Cl2FNO2. The Labute approximate surface area is 131 Å². The molecule has 0 spiro atoms. The summed E-state index contributed by atoms with van der Waals surface area (Å²) in [7, 11) is 0. The monoisotopic (exact) mass is 327 g/mol. The molecule has 0 aliphatic rings. The lowest BCUT2D eigenvalue weighted by molar-refractivity contribution is 0.303. The van der Waals surface area contributed by atoms with Gasteiger partial charge < -0.3 is 9.94 Å². The molecule has 2 rings (SSSR count). The van der Waals surface area contributed by atoms with E-state index in [9.17, 15) is 4.39 Å². The van der Waals surface area contributed by atoms with Crippen molar-refractivity contribution >= 4 is 28.9 Å². The van der Waals surface area contributed by atoms with E-state index >= 15 is 0 Å². The van der Waals surface area contributed by atoms with Crippen molar-refractivity contribution in [2.75, 3.05) is 0 Å². The Balaban J connectivity index is 2.26. The molecule has 110 valence electrons. The third-order valence-electron chi connectivity index (χ3n) is 2.87. The van der Waals surface area contributed by atoms with Crippen LogP contribution in [0.15, 0.2) is 41.6 Å². The van der Waals surface area contributed by atoms with Gasteiger partial charge in [0.25, 0.3) is 0 Å². The van der Waals surface area contributed by atoms with Crippen molar-refractivity contribution in [1.82, 2.24) is 0 Å². The quantitative estimate of drug-likeness (QED) is 0.492. The molecule has 0 unspecified atom stereocenters. The van der Waals surface area contributed by atoms with Crippen molar-refractivity contribution in [1.29, 1.82) is 0 Å². The fraction of sp³-hybridized carbons (Fsp3) is 0.133. The molecule has 2 aromatic carbocycles. The molecule has 0 saturated carbocycles. The molecular weight excluding hydrogens is 316 g/mol. The molecule has 1 N–H and O–H groups in total. The Morgan fingerprint density at radius 2 is 2.00 bits per heavy atom. The van der Waals surface area contributed by atoms with E-state index in [1.165, 1.54) is 18.2 Å². The van der Waals surface area contributed by atoms with Crippen LogP contribution in [0.2, 0.25) is 10.0 Å². The number of oxime groups is 1. The summed E-state index contributed by atoms with van der Waals surface area (Å²) in [5.74, 6) is -0.0520. The number of hydrogen-bond acceptors (Lipinski definition) is 3. The molecule has 0 aliphatic carbocycles. The highest BCUT2D eigenvalue weighted by atomic mass is 35.5. The molecule has 0 atom stereocenters. The Kier molecular flexibility index (Phi) is 5.04. The summed E-state index contributed by atoms with van der Waals surface area (Å²) in [5, 5.41) is 13.0. The van der Waals surface area contributed by atoms with Gasteiger partial charge in [-0.2, -0.15) is 0 Å². The van der Waals surface area contributed by atoms with Gasteiger partial charge in [-0.25, -0.2) is 4.39 Å². The van der Waals surface area contributed by atoms with Gasteiger partial charge in [-0.3, -0.25) is 0 Å². The lowest BCUT2D eigenvalue weighted by atomic mass is 10.1. The molecule has 3 nitrogen and oxygen atoms in total. The van der Waals surface area contributed by atoms with Crippen LogP contribution in [0.25, 0.3) is 0 Å². The average molecular weight is 328 g/mol. The maximum atomic E-state index is 13.3. The molecule has 0 fully saturated rings. The minimum atomic E-state index is -0.443. The first-order valence-corrected chi connectivity index (χ1v) is 6.82. The molecule has 6 heteroatoms. The summed E-state index contributed by atoms with van der Waals surface area (Å²) < 4.78 is 18.9. The fourth-order valence-electron chi connectivity index (χ4n) is 1.77. The number of halogens is 3. The van der Waals surface area contributed by atoms with Crippen molar-refractivity contribution in [3.8, 4) is 5.75 Å². The molecule has 0 aromatic heterocycles. The van der Waals surface area contributed by atoms with Crippen molar-refractivity contribution in [2.24, 2.45) is 5.16 Å². The van der Waals surface area contributed by atoms with E-state index in [0.29, 0.717) is 26.9 Å². The van der Waals surface area contributed by atoms with Gasteiger partial charge in [0.05, 0.1) is 5.71 Å². The van der Waals surface area contributed by atoms with Crippen LogP contribution >= 0.6 is 23.2 Å². The maximum Gasteiger partial charge on any atom is 0.129 e. The van der Waals surface area contributed by atoms with E-state index < -0.39 is 5.82 Å². The molecule has 0 saturated heterocycles. The highest BCUT2D eigenvalue weighted by Crippen LogP contribution is 2.25. The Morgan fingerprint density at radius 3 is 2.71 bits per heavy atom. The summed E-state index contributed by atoms with van der Waals surface area (Å²) in [6.07, 6.45) is 0. The topological polar surface area (TPSA) is 41.8 Å². The van der Waals surface area contributed by atoms with Gasteiger partial charge in [-0.15, -0.1) is 0 Å². The maximum absolute atomic E-state index is 13.3. The van der Waals surface area contributed by atoms with E-state index in [4.69, 9.17) is 33.1 Å². The van der Waals surface area contributed by atoms with Gasteiger partial charge >= 0.3 is 0 Å². The Hall–Kier alpha value is -1.78. The van der Waals surface area contributed by atoms with Gasteiger partial charge in [0.1, 0.15) is 18.2 Å². The van der Waals surface area contributed by atoms with Crippen LogP contribution in [0.4, 0.5) is 4.39 Å². The molecule has 21 heavy (non-hydrogen) atoms. The highest BCUT2D eigenvalue weighted by molar-refractivity contribution is 6.33. The van der Waals surface area contributed by atoms with Crippen LogP contribution in [0.1, 0.15) is 18.1 Å². The van der Waals surface area contributed by atoms with E-state index in [-0.39, 0.29) is 12.3 Å². The van der Waals surface area contributed by atoms with Crippen LogP contribution in [0.3, 0.4) is 0 Å². The Morgan fingerprint density at radius 1 is 1.24 bits per heavy atom. The van der Waals surface area contributed by atoms with Gasteiger partial charge in [-0.05, 0) is 43.3 Å². The summed E-state index contributed by atoms with van der Waals surface area (Å²) in [5.41, 5.74) is 1.33. The van der Waals surface area contributed by atoms with Crippen molar-refractivity contribution in [2.45, 2.75) is 13.5 Å². The lowest BCUT2D eigenvalue weighted by Crippen LogP contribution is -2.03. The molecule has 0 radical (unpaired) electrons. The van der Waals surface area contributed by atoms with E-state index in [1.54, 1.807) is 25.1 Å². The van der Waals surface area contributed by atoms with Gasteiger partial charge in [0.2, 0.25) is 0 Å². The third-order valence-corrected chi connectivity index (χ3v) is 3.48. The van der Waals surface area contributed by atoms with Crippen molar-refractivity contribution in [3.05, 3.63) is 63.4 Å². The molecule has 0 heterocycles. The van der Waals surface area contributed by atoms with Crippen LogP contribution in [-0.4, -0.2) is 10.9 Å². The highest BCUT2D eigenvalue weighted by Gasteiger charge is 2.10. The van der Waals surface area contributed by atoms with Gasteiger partial charge in [-0.1, -0.05) is 28.4 Å². The summed E-state index contributed by atoms with van der Waals surface area (Å²) in [4.78, 5) is 0. The van der Waals surface area contributed by atoms with E-state index in [1.807, 2.05) is 0 Å². The van der Waals surface area contributed by atoms with E-state index in [2.05, 4.69) is 5.16 Å². The molecule has 2 aromatic rings. The second-order valence-electron chi connectivity index (χ2n) is 4.35. The van der Waals surface area contributed by atoms with Crippen LogP contribution in [0.5, 0.6) is 5.75 Å². The number of benzene rings is 2. The second-order valence-corrected chi connectivity index (χ2v) is 5.19. The lowest BCUT2D eigenvalue weighted by Gasteiger charge is -2.12. The normalized spacial score (nSPS) is 11.5. The number of hydrogen-bond donors (Lipinski definition) is 1. The largest absolute Gasteiger partial charge is 0.488 e. The SMILES string of the molecule is C/C(=N/O)c1cc(F)ccc1OCc1cc(Cl)ccc1Cl. The van der Waals surface area contributed by atoms with E-state index in [0.717, 1.165) is 0 Å². The average Bonchev–Trinajstić information content (AvgIpc) is 2.48. The summed E-state index contributed by atoms with van der Waals surface area (Å²) >= 11 is 12.0. The molecule has 0 amide bonds. The minimum absolute atomic E-state index is 0.163. The van der Waals surface area contributed by atoms with Crippen LogP contribution in [-0.2, 0) is 6.61 Å². The smallest absolute Gasteiger partial charge is 0.129 e. The molecule has 0 bridgehead atoms. The predicted molar refractivity (Wildman–Crippen MR) is 81.2 cm³/mol. The first kappa shape index (κ1) is 15.6. The van der Waals surface area contributed by atoms with Crippen molar-refractivity contribution < 1.29 is 14.3 Å². The number of nitrogens with zero attached hydrogens (tertiary/aromatic N) is 1. The first-order valence-electron chi connectivity index (χ1n) is 6.06. The fourth-order valence-corrected chi connectivity index (χ4v) is 2.14. The van der Waals surface area contributed by atoms with Crippen LogP contribution < -0.4 is 4.74 Å².